The fourth-order valence-corrected chi connectivity index (χ4v) is 2.91. The van der Waals surface area contributed by atoms with Gasteiger partial charge < -0.3 is 11.1 Å². The molecule has 23 heavy (non-hydrogen) atoms. The lowest BCUT2D eigenvalue weighted by Gasteiger charge is -2.14. The van der Waals surface area contributed by atoms with E-state index in [0.29, 0.717) is 5.69 Å². The molecule has 4 aromatic rings. The normalized spacial score (nSPS) is 11.0. The summed E-state index contributed by atoms with van der Waals surface area (Å²) in [6.07, 6.45) is 0. The highest BCUT2D eigenvalue weighted by Gasteiger charge is 2.09. The molecular weight excluding hydrogens is 282 g/mol. The third-order valence-electron chi connectivity index (χ3n) is 3.87. The Morgan fingerprint density at radius 1 is 0.826 bits per heavy atom. The molecule has 4 rings (SSSR count). The molecule has 1 heterocycles. The van der Waals surface area contributed by atoms with Crippen LogP contribution in [0.4, 0.5) is 17.1 Å². The summed E-state index contributed by atoms with van der Waals surface area (Å²) in [6, 6.07) is 22.0. The molecule has 1 aromatic heterocycles. The van der Waals surface area contributed by atoms with Crippen molar-refractivity contribution < 1.29 is 0 Å². The Morgan fingerprint density at radius 3 is 2.04 bits per heavy atom. The van der Waals surface area contributed by atoms with Gasteiger partial charge in [0.25, 0.3) is 0 Å². The summed E-state index contributed by atoms with van der Waals surface area (Å²) in [5, 5.41) is 5.68. The van der Waals surface area contributed by atoms with Gasteiger partial charge in [-0.1, -0.05) is 36.4 Å². The first-order valence-electron chi connectivity index (χ1n) is 7.48. The van der Waals surface area contributed by atoms with Crippen molar-refractivity contribution >= 4 is 38.9 Å². The molecule has 0 spiro atoms. The number of pyridine rings is 1. The maximum atomic E-state index is 5.95. The third kappa shape index (κ3) is 2.46. The molecule has 0 saturated carbocycles. The highest BCUT2D eigenvalue weighted by Crippen LogP contribution is 2.33. The summed E-state index contributed by atoms with van der Waals surface area (Å²) in [7, 11) is 0. The molecule has 0 saturated heterocycles. The van der Waals surface area contributed by atoms with E-state index in [2.05, 4.69) is 24.4 Å². The zero-order valence-electron chi connectivity index (χ0n) is 12.6. The molecule has 1 radical (unpaired) electrons. The van der Waals surface area contributed by atoms with Crippen molar-refractivity contribution in [3.05, 3.63) is 79.2 Å². The number of hydrogen-bond donors (Lipinski definition) is 2. The van der Waals surface area contributed by atoms with Gasteiger partial charge in [0.05, 0.1) is 16.7 Å². The number of nitrogens with zero attached hydrogens (tertiary/aromatic N) is 1. The van der Waals surface area contributed by atoms with E-state index in [9.17, 15) is 0 Å². The van der Waals surface area contributed by atoms with Crippen LogP contribution in [-0.2, 0) is 0 Å². The van der Waals surface area contributed by atoms with E-state index in [1.165, 1.54) is 0 Å². The number of nitrogens with one attached hydrogen (secondary N) is 1. The highest BCUT2D eigenvalue weighted by atomic mass is 14.9. The van der Waals surface area contributed by atoms with Gasteiger partial charge in [-0.3, -0.25) is 0 Å². The van der Waals surface area contributed by atoms with Crippen LogP contribution in [0, 0.1) is 6.92 Å². The molecule has 0 aliphatic carbocycles. The molecule has 3 N–H and O–H groups in total. The average Bonchev–Trinajstić information content (AvgIpc) is 2.54. The van der Waals surface area contributed by atoms with Crippen molar-refractivity contribution in [2.24, 2.45) is 0 Å². The smallest absolute Gasteiger partial charge is 0.0730 e. The van der Waals surface area contributed by atoms with Crippen LogP contribution >= 0.6 is 0 Å². The molecule has 0 unspecified atom stereocenters. The second-order valence-corrected chi connectivity index (χ2v) is 5.61. The minimum atomic E-state index is 0.697. The summed E-state index contributed by atoms with van der Waals surface area (Å²) in [4.78, 5) is 4.74. The first kappa shape index (κ1) is 13.6. The van der Waals surface area contributed by atoms with Crippen molar-refractivity contribution in [3.63, 3.8) is 0 Å². The van der Waals surface area contributed by atoms with Crippen molar-refractivity contribution in [3.8, 4) is 0 Å². The van der Waals surface area contributed by atoms with Gasteiger partial charge in [0.15, 0.2) is 0 Å². The van der Waals surface area contributed by atoms with E-state index in [1.807, 2.05) is 54.6 Å². The number of aromatic nitrogens is 1. The molecule has 111 valence electrons. The molecule has 0 fully saturated rings. The summed E-state index contributed by atoms with van der Waals surface area (Å²) < 4.78 is 0. The maximum Gasteiger partial charge on any atom is 0.0730 e. The van der Waals surface area contributed by atoms with Crippen LogP contribution in [-0.4, -0.2) is 4.98 Å². The number of anilines is 3. The van der Waals surface area contributed by atoms with Crippen LogP contribution in [0.15, 0.2) is 66.7 Å². The quantitative estimate of drug-likeness (QED) is 0.409. The Bertz CT molecular complexity index is 947. The van der Waals surface area contributed by atoms with Crippen LogP contribution in [0.2, 0.25) is 0 Å². The zero-order chi connectivity index (χ0) is 15.8. The lowest BCUT2D eigenvalue weighted by molar-refractivity contribution is 1.48. The van der Waals surface area contributed by atoms with Crippen LogP contribution in [0.1, 0.15) is 5.56 Å². The summed E-state index contributed by atoms with van der Waals surface area (Å²) in [5.74, 6) is 0. The number of fused-ring (bicyclic) bond motifs is 2. The monoisotopic (exact) mass is 298 g/mol. The molecule has 3 heteroatoms. The number of para-hydroxylation sites is 2. The van der Waals surface area contributed by atoms with Gasteiger partial charge in [-0.2, -0.15) is 0 Å². The lowest BCUT2D eigenvalue weighted by Crippen LogP contribution is -1.97. The fourth-order valence-electron chi connectivity index (χ4n) is 2.91. The Kier molecular flexibility index (Phi) is 3.12. The average molecular weight is 298 g/mol. The Balaban J connectivity index is 1.99. The zero-order valence-corrected chi connectivity index (χ0v) is 12.6. The Hall–Kier alpha value is -3.07. The van der Waals surface area contributed by atoms with Crippen molar-refractivity contribution in [2.75, 3.05) is 11.1 Å². The van der Waals surface area contributed by atoms with Gasteiger partial charge >= 0.3 is 0 Å². The lowest BCUT2D eigenvalue weighted by atomic mass is 10.1. The summed E-state index contributed by atoms with van der Waals surface area (Å²) >= 11 is 0. The number of benzene rings is 3. The van der Waals surface area contributed by atoms with E-state index in [4.69, 9.17) is 10.7 Å². The number of nitrogen functional groups attached to an aromatic ring is 1. The molecule has 0 aliphatic heterocycles. The predicted molar refractivity (Wildman–Crippen MR) is 97.8 cm³/mol. The van der Waals surface area contributed by atoms with Crippen LogP contribution in [0.3, 0.4) is 0 Å². The van der Waals surface area contributed by atoms with Gasteiger partial charge in [-0.05, 0) is 42.8 Å². The van der Waals surface area contributed by atoms with E-state index in [-0.39, 0.29) is 0 Å². The number of nitrogens with two attached hydrogens (primary N) is 1. The van der Waals surface area contributed by atoms with Crippen molar-refractivity contribution in [1.29, 1.82) is 0 Å². The van der Waals surface area contributed by atoms with E-state index in [0.717, 1.165) is 38.7 Å². The number of hydrogen-bond acceptors (Lipinski definition) is 3. The minimum absolute atomic E-state index is 0.697. The highest BCUT2D eigenvalue weighted by molar-refractivity contribution is 6.08. The molecule has 0 amide bonds. The van der Waals surface area contributed by atoms with Gasteiger partial charge in [-0.25, -0.2) is 4.98 Å². The van der Waals surface area contributed by atoms with Crippen LogP contribution < -0.4 is 11.1 Å². The second-order valence-electron chi connectivity index (χ2n) is 5.61. The Morgan fingerprint density at radius 2 is 1.43 bits per heavy atom. The Labute approximate surface area is 134 Å². The van der Waals surface area contributed by atoms with Crippen LogP contribution in [0.5, 0.6) is 0 Å². The molecule has 3 aromatic carbocycles. The number of rotatable bonds is 2. The van der Waals surface area contributed by atoms with Gasteiger partial charge in [0.1, 0.15) is 0 Å². The first-order chi connectivity index (χ1) is 11.2. The van der Waals surface area contributed by atoms with E-state index >= 15 is 0 Å². The topological polar surface area (TPSA) is 50.9 Å². The van der Waals surface area contributed by atoms with Gasteiger partial charge in [0.2, 0.25) is 0 Å². The minimum Gasteiger partial charge on any atom is -0.399 e. The second kappa shape index (κ2) is 5.29. The SMILES string of the molecule is [CH2]c1cc(N)cc(Nc2c3ccccc3nc3ccccc23)c1. The standard InChI is InChI=1S/C20H16N3/c1-13-10-14(21)12-15(11-13)22-20-16-6-2-4-8-18(16)23-19-9-5-3-7-17(19)20/h2-12H,1,21H2,(H,22,23). The van der Waals surface area contributed by atoms with Crippen molar-refractivity contribution in [2.45, 2.75) is 0 Å². The molecule has 0 bridgehead atoms. The van der Waals surface area contributed by atoms with Gasteiger partial charge in [0, 0.05) is 22.1 Å². The fraction of sp³-hybridized carbons (Fsp3) is 0. The molecule has 0 aliphatic rings. The van der Waals surface area contributed by atoms with E-state index < -0.39 is 0 Å². The largest absolute Gasteiger partial charge is 0.399 e. The molecule has 3 nitrogen and oxygen atoms in total. The summed E-state index contributed by atoms with van der Waals surface area (Å²) in [5.41, 5.74) is 11.4. The maximum absolute atomic E-state index is 5.95. The predicted octanol–water partition coefficient (Wildman–Crippen LogP) is 4.90. The first-order valence-corrected chi connectivity index (χ1v) is 7.48. The summed E-state index contributed by atoms with van der Waals surface area (Å²) in [6.45, 7) is 3.98. The van der Waals surface area contributed by atoms with Gasteiger partial charge in [-0.15, -0.1) is 0 Å². The molecular formula is C20H16N3. The van der Waals surface area contributed by atoms with E-state index in [1.54, 1.807) is 0 Å². The van der Waals surface area contributed by atoms with Crippen LogP contribution in [0.25, 0.3) is 21.8 Å². The molecule has 0 atom stereocenters. The van der Waals surface area contributed by atoms with Crippen molar-refractivity contribution in [1.82, 2.24) is 4.98 Å². The third-order valence-corrected chi connectivity index (χ3v) is 3.87.